The average Bonchev–Trinajstić information content (AvgIpc) is 3.44. The summed E-state index contributed by atoms with van der Waals surface area (Å²) in [4.78, 5) is 24.9. The molecule has 1 aliphatic rings. The fourth-order valence-electron chi connectivity index (χ4n) is 4.12. The molecule has 0 bridgehead atoms. The number of anilines is 4. The first kappa shape index (κ1) is 27.4. The van der Waals surface area contributed by atoms with E-state index in [2.05, 4.69) is 36.2 Å². The Hall–Kier alpha value is -5.16. The first-order chi connectivity index (χ1) is 20.2. The number of urea groups is 1. The van der Waals surface area contributed by atoms with Crippen LogP contribution in [0.15, 0.2) is 90.2 Å². The number of hydrogen-bond donors (Lipinski definition) is 5. The Morgan fingerprint density at radius 2 is 1.76 bits per heavy atom. The van der Waals surface area contributed by atoms with Gasteiger partial charge in [-0.1, -0.05) is 30.3 Å². The van der Waals surface area contributed by atoms with Gasteiger partial charge in [0.2, 0.25) is 5.88 Å². The molecule has 1 atom stereocenters. The number of para-hydroxylation sites is 1. The number of nitrogens with one attached hydrogen (secondary N) is 4. The third kappa shape index (κ3) is 7.70. The summed E-state index contributed by atoms with van der Waals surface area (Å²) >= 11 is 0. The fraction of sp³-hybridized carbons (Fsp3) is 0.200. The maximum atomic E-state index is 12.2. The summed E-state index contributed by atoms with van der Waals surface area (Å²) in [5.74, 6) is 1.86. The summed E-state index contributed by atoms with van der Waals surface area (Å²) in [5.41, 5.74) is 4.18. The van der Waals surface area contributed by atoms with Gasteiger partial charge in [-0.15, -0.1) is 0 Å². The Morgan fingerprint density at radius 3 is 2.51 bits per heavy atom. The first-order valence-corrected chi connectivity index (χ1v) is 13.2. The van der Waals surface area contributed by atoms with Gasteiger partial charge in [-0.05, 0) is 60.5 Å². The van der Waals surface area contributed by atoms with E-state index in [1.807, 2.05) is 78.9 Å². The Balaban J connectivity index is 1.09. The van der Waals surface area contributed by atoms with Crippen LogP contribution in [-0.4, -0.2) is 53.6 Å². The highest BCUT2D eigenvalue weighted by Gasteiger charge is 2.27. The lowest BCUT2D eigenvalue weighted by Gasteiger charge is -2.12. The van der Waals surface area contributed by atoms with Crippen LogP contribution in [0, 0.1) is 0 Å². The van der Waals surface area contributed by atoms with E-state index >= 15 is 0 Å². The van der Waals surface area contributed by atoms with Gasteiger partial charge in [0.05, 0.1) is 13.2 Å². The van der Waals surface area contributed by atoms with E-state index in [-0.39, 0.29) is 12.6 Å². The van der Waals surface area contributed by atoms with Crippen molar-refractivity contribution in [3.63, 3.8) is 0 Å². The van der Waals surface area contributed by atoms with E-state index in [0.717, 1.165) is 23.2 Å². The topological polar surface area (TPSA) is 142 Å². The molecular weight excluding hydrogens is 522 g/mol. The van der Waals surface area contributed by atoms with Gasteiger partial charge < -0.3 is 35.8 Å². The summed E-state index contributed by atoms with van der Waals surface area (Å²) in [6, 6.07) is 24.3. The average molecular weight is 554 g/mol. The highest BCUT2D eigenvalue weighted by Crippen LogP contribution is 2.40. The summed E-state index contributed by atoms with van der Waals surface area (Å²) < 4.78 is 11.6. The van der Waals surface area contributed by atoms with Crippen molar-refractivity contribution in [2.75, 3.05) is 47.6 Å². The zero-order chi connectivity index (χ0) is 28.3. The van der Waals surface area contributed by atoms with Crippen molar-refractivity contribution in [2.24, 2.45) is 4.99 Å². The van der Waals surface area contributed by atoms with Gasteiger partial charge in [-0.3, -0.25) is 4.99 Å². The molecule has 0 spiro atoms. The molecule has 1 aromatic heterocycles. The molecule has 0 saturated carbocycles. The number of aliphatic hydroxyl groups is 1. The predicted molar refractivity (Wildman–Crippen MR) is 159 cm³/mol. The van der Waals surface area contributed by atoms with Crippen molar-refractivity contribution in [2.45, 2.75) is 12.6 Å². The van der Waals surface area contributed by atoms with Gasteiger partial charge in [0, 0.05) is 29.7 Å². The number of ether oxygens (including phenoxy) is 2. The summed E-state index contributed by atoms with van der Waals surface area (Å²) in [5, 5.41) is 21.1. The summed E-state index contributed by atoms with van der Waals surface area (Å²) in [6.45, 7) is 1.37. The Labute approximate surface area is 237 Å². The lowest BCUT2D eigenvalue weighted by atomic mass is 10.1. The quantitative estimate of drug-likeness (QED) is 0.159. The predicted octanol–water partition coefficient (Wildman–Crippen LogP) is 4.72. The number of fused-ring (bicyclic) bond motifs is 1. The highest BCUT2D eigenvalue weighted by molar-refractivity contribution is 5.99. The van der Waals surface area contributed by atoms with Gasteiger partial charge in [0.25, 0.3) is 0 Å². The Kier molecular flexibility index (Phi) is 9.20. The number of carbonyl (C=O) groups is 1. The molecule has 2 amide bonds. The van der Waals surface area contributed by atoms with E-state index in [4.69, 9.17) is 14.6 Å². The molecule has 11 heteroatoms. The van der Waals surface area contributed by atoms with Crippen LogP contribution in [0.2, 0.25) is 0 Å². The maximum Gasteiger partial charge on any atom is 0.323 e. The van der Waals surface area contributed by atoms with Crippen LogP contribution >= 0.6 is 0 Å². The summed E-state index contributed by atoms with van der Waals surface area (Å²) in [6.07, 6.45) is 3.46. The molecular formula is C30H31N7O4. The van der Waals surface area contributed by atoms with Crippen LogP contribution in [0.25, 0.3) is 0 Å². The van der Waals surface area contributed by atoms with Crippen molar-refractivity contribution >= 4 is 35.1 Å². The molecule has 11 nitrogen and oxygen atoms in total. The molecule has 5 rings (SSSR count). The minimum absolute atomic E-state index is 0.0216. The lowest BCUT2D eigenvalue weighted by Crippen LogP contribution is -2.19. The third-order valence-corrected chi connectivity index (χ3v) is 6.13. The van der Waals surface area contributed by atoms with Crippen LogP contribution < -0.4 is 30.7 Å². The van der Waals surface area contributed by atoms with Gasteiger partial charge >= 0.3 is 6.03 Å². The number of hydrogen-bond acceptors (Lipinski definition) is 9. The van der Waals surface area contributed by atoms with Gasteiger partial charge in [-0.2, -0.15) is 4.98 Å². The lowest BCUT2D eigenvalue weighted by molar-refractivity contribution is 0.250. The van der Waals surface area contributed by atoms with E-state index < -0.39 is 6.23 Å². The molecule has 4 aromatic rings. The maximum absolute atomic E-state index is 12.2. The standard InChI is InChI=1S/C30H31N7O4/c38-18-16-31-17-19-40-25-12-8-22(9-13-25)28-37-26-27(33-20-34-29(26)41-28)32-15-14-21-6-10-24(11-7-21)36-30(39)35-23-4-2-1-3-5-23/h1-13,17,20,28,37-38H,14-16,18-19H2,(H,32,33,34)(H2,35,36,39). The second-order valence-electron chi connectivity index (χ2n) is 9.06. The molecule has 210 valence electrons. The monoisotopic (exact) mass is 553 g/mol. The largest absolute Gasteiger partial charge is 0.488 e. The van der Waals surface area contributed by atoms with Gasteiger partial charge in [-0.25, -0.2) is 9.78 Å². The molecule has 2 heterocycles. The van der Waals surface area contributed by atoms with Crippen LogP contribution in [0.1, 0.15) is 17.4 Å². The number of aliphatic imine (C=N–C) groups is 1. The zero-order valence-electron chi connectivity index (χ0n) is 22.3. The fourth-order valence-corrected chi connectivity index (χ4v) is 4.12. The van der Waals surface area contributed by atoms with Crippen molar-refractivity contribution in [3.05, 3.63) is 96.3 Å². The SMILES string of the molecule is O=C(Nc1ccccc1)Nc1ccc(CCNc2ncnc3c2NC(c2ccc(OCC=NCCO)cc2)O3)cc1. The number of benzene rings is 3. The molecule has 3 aromatic carbocycles. The number of amides is 2. The number of aromatic nitrogens is 2. The first-order valence-electron chi connectivity index (χ1n) is 13.2. The van der Waals surface area contributed by atoms with E-state index in [9.17, 15) is 4.79 Å². The van der Waals surface area contributed by atoms with Crippen molar-refractivity contribution in [3.8, 4) is 11.6 Å². The molecule has 5 N–H and O–H groups in total. The Morgan fingerprint density at radius 1 is 1.00 bits per heavy atom. The third-order valence-electron chi connectivity index (χ3n) is 6.13. The zero-order valence-corrected chi connectivity index (χ0v) is 22.3. The number of aliphatic hydroxyl groups excluding tert-OH is 1. The minimum Gasteiger partial charge on any atom is -0.488 e. The molecule has 0 saturated heterocycles. The van der Waals surface area contributed by atoms with Crippen LogP contribution in [-0.2, 0) is 6.42 Å². The minimum atomic E-state index is -0.401. The second-order valence-corrected chi connectivity index (χ2v) is 9.06. The molecule has 1 aliphatic heterocycles. The molecule has 0 radical (unpaired) electrons. The molecule has 1 unspecified atom stereocenters. The number of nitrogens with zero attached hydrogens (tertiary/aromatic N) is 3. The van der Waals surface area contributed by atoms with Crippen LogP contribution in [0.5, 0.6) is 11.6 Å². The normalized spacial score (nSPS) is 13.6. The van der Waals surface area contributed by atoms with Crippen molar-refractivity contribution in [1.82, 2.24) is 9.97 Å². The van der Waals surface area contributed by atoms with Gasteiger partial charge in [0.1, 0.15) is 24.4 Å². The van der Waals surface area contributed by atoms with Crippen LogP contribution in [0.3, 0.4) is 0 Å². The smallest absolute Gasteiger partial charge is 0.323 e. The molecule has 0 aliphatic carbocycles. The number of rotatable bonds is 12. The van der Waals surface area contributed by atoms with E-state index in [1.165, 1.54) is 6.33 Å². The number of carbonyl (C=O) groups excluding carboxylic acids is 1. The van der Waals surface area contributed by atoms with Crippen molar-refractivity contribution in [1.29, 1.82) is 0 Å². The Bertz CT molecular complexity index is 1450. The van der Waals surface area contributed by atoms with Crippen LogP contribution in [0.4, 0.5) is 27.7 Å². The van der Waals surface area contributed by atoms with Gasteiger partial charge in [0.15, 0.2) is 12.0 Å². The van der Waals surface area contributed by atoms with E-state index in [1.54, 1.807) is 6.21 Å². The molecule has 41 heavy (non-hydrogen) atoms. The van der Waals surface area contributed by atoms with E-state index in [0.29, 0.717) is 48.5 Å². The highest BCUT2D eigenvalue weighted by atomic mass is 16.5. The summed E-state index contributed by atoms with van der Waals surface area (Å²) in [7, 11) is 0. The van der Waals surface area contributed by atoms with Crippen molar-refractivity contribution < 1.29 is 19.4 Å². The second kappa shape index (κ2) is 13.8. The molecule has 0 fully saturated rings.